The third kappa shape index (κ3) is 2.92. The van der Waals surface area contributed by atoms with E-state index in [4.69, 9.17) is 4.98 Å². The van der Waals surface area contributed by atoms with Crippen molar-refractivity contribution in [1.29, 1.82) is 0 Å². The van der Waals surface area contributed by atoms with Crippen LogP contribution in [0, 0.1) is 0 Å². The zero-order valence-electron chi connectivity index (χ0n) is 12.7. The summed E-state index contributed by atoms with van der Waals surface area (Å²) in [5.74, 6) is -1.11. The van der Waals surface area contributed by atoms with E-state index in [2.05, 4.69) is 23.9 Å². The Morgan fingerprint density at radius 3 is 2.67 bits per heavy atom. The molecule has 6 heteroatoms. The van der Waals surface area contributed by atoms with Crippen molar-refractivity contribution in [3.8, 4) is 0 Å². The second-order valence-corrected chi connectivity index (χ2v) is 7.33. The lowest BCUT2D eigenvalue weighted by Gasteiger charge is -2.35. The van der Waals surface area contributed by atoms with Crippen LogP contribution in [-0.4, -0.2) is 54.2 Å². The van der Waals surface area contributed by atoms with Crippen LogP contribution in [0.15, 0.2) is 0 Å². The summed E-state index contributed by atoms with van der Waals surface area (Å²) in [5, 5.41) is 10.4. The number of piperidine rings is 1. The van der Waals surface area contributed by atoms with E-state index >= 15 is 0 Å². The summed E-state index contributed by atoms with van der Waals surface area (Å²) in [5.41, 5.74) is 0.837. The molecule has 1 atom stereocenters. The summed E-state index contributed by atoms with van der Waals surface area (Å²) in [7, 11) is 4.28. The molecule has 1 aliphatic heterocycles. The quantitative estimate of drug-likeness (QED) is 0.927. The van der Waals surface area contributed by atoms with Gasteiger partial charge in [-0.3, -0.25) is 4.79 Å². The van der Waals surface area contributed by atoms with Crippen LogP contribution >= 0.6 is 11.3 Å². The van der Waals surface area contributed by atoms with E-state index in [1.54, 1.807) is 11.3 Å². The molecular formula is C15H23N3O2S. The maximum Gasteiger partial charge on any atom is 0.312 e. The Kier molecular flexibility index (Phi) is 4.17. The highest BCUT2D eigenvalue weighted by atomic mass is 32.1. The molecule has 0 bridgehead atoms. The van der Waals surface area contributed by atoms with E-state index in [9.17, 15) is 9.90 Å². The number of aromatic nitrogens is 1. The van der Waals surface area contributed by atoms with Crippen molar-refractivity contribution < 1.29 is 9.90 Å². The van der Waals surface area contributed by atoms with Crippen molar-refractivity contribution in [2.24, 2.45) is 0 Å². The second kappa shape index (κ2) is 5.93. The average Bonchev–Trinajstić information content (AvgIpc) is 2.90. The monoisotopic (exact) mass is 309 g/mol. The number of fused-ring (bicyclic) bond motifs is 1. The highest BCUT2D eigenvalue weighted by molar-refractivity contribution is 7.15. The number of aliphatic carboxylic acids is 1. The lowest BCUT2D eigenvalue weighted by Crippen LogP contribution is -2.41. The first-order valence-corrected chi connectivity index (χ1v) is 8.51. The summed E-state index contributed by atoms with van der Waals surface area (Å²) in [6, 6.07) is 0.655. The van der Waals surface area contributed by atoms with Gasteiger partial charge in [-0.15, -0.1) is 11.3 Å². The third-order valence-corrected chi connectivity index (χ3v) is 5.90. The van der Waals surface area contributed by atoms with Gasteiger partial charge >= 0.3 is 5.97 Å². The van der Waals surface area contributed by atoms with Gasteiger partial charge in [0.1, 0.15) is 5.92 Å². The number of anilines is 1. The van der Waals surface area contributed by atoms with Crippen molar-refractivity contribution in [1.82, 2.24) is 9.88 Å². The molecule has 5 nitrogen and oxygen atoms in total. The summed E-state index contributed by atoms with van der Waals surface area (Å²) in [4.78, 5) is 21.9. The number of hydrogen-bond donors (Lipinski definition) is 1. The first-order valence-electron chi connectivity index (χ1n) is 7.70. The predicted molar refractivity (Wildman–Crippen MR) is 84.4 cm³/mol. The Balaban J connectivity index is 1.75. The molecule has 1 aliphatic carbocycles. The standard InChI is InChI=1S/C15H23N3O2S/c1-17(2)10-6-8-18(9-7-10)15-16-13-11(14(19)20)4-3-5-12(13)21-15/h10-11H,3-9H2,1-2H3,(H,19,20). The van der Waals surface area contributed by atoms with Gasteiger partial charge in [0.2, 0.25) is 0 Å². The number of thiazole rings is 1. The molecule has 0 amide bonds. The van der Waals surface area contributed by atoms with Gasteiger partial charge in [0.25, 0.3) is 0 Å². The predicted octanol–water partition coefficient (Wildman–Crippen LogP) is 2.18. The van der Waals surface area contributed by atoms with Gasteiger partial charge in [-0.1, -0.05) is 0 Å². The molecule has 1 saturated heterocycles. The molecule has 1 aromatic rings. The van der Waals surface area contributed by atoms with Crippen LogP contribution in [0.1, 0.15) is 42.2 Å². The molecule has 2 aliphatic rings. The first-order chi connectivity index (χ1) is 10.1. The Bertz CT molecular complexity index is 521. The molecule has 1 N–H and O–H groups in total. The summed E-state index contributed by atoms with van der Waals surface area (Å²) in [6.45, 7) is 2.04. The molecule has 0 spiro atoms. The smallest absolute Gasteiger partial charge is 0.312 e. The fourth-order valence-electron chi connectivity index (χ4n) is 3.35. The second-order valence-electron chi connectivity index (χ2n) is 6.27. The van der Waals surface area contributed by atoms with Gasteiger partial charge in [0.15, 0.2) is 5.13 Å². The Morgan fingerprint density at radius 1 is 1.33 bits per heavy atom. The molecule has 3 rings (SSSR count). The van der Waals surface area contributed by atoms with Gasteiger partial charge in [-0.05, 0) is 46.2 Å². The van der Waals surface area contributed by atoms with Crippen molar-refractivity contribution in [2.75, 3.05) is 32.1 Å². The van der Waals surface area contributed by atoms with Gasteiger partial charge < -0.3 is 14.9 Å². The third-order valence-electron chi connectivity index (χ3n) is 4.71. The molecule has 1 aromatic heterocycles. The zero-order valence-corrected chi connectivity index (χ0v) is 13.5. The lowest BCUT2D eigenvalue weighted by molar-refractivity contribution is -0.139. The molecule has 0 aromatic carbocycles. The normalized spacial score (nSPS) is 23.4. The molecule has 1 unspecified atom stereocenters. The Labute approximate surface area is 129 Å². The fraction of sp³-hybridized carbons (Fsp3) is 0.733. The maximum atomic E-state index is 11.4. The number of carboxylic acids is 1. The highest BCUT2D eigenvalue weighted by Gasteiger charge is 2.31. The van der Waals surface area contributed by atoms with E-state index in [1.807, 2.05) is 0 Å². The minimum Gasteiger partial charge on any atom is -0.481 e. The summed E-state index contributed by atoms with van der Waals surface area (Å²) >= 11 is 1.71. The van der Waals surface area contributed by atoms with Crippen LogP contribution in [0.2, 0.25) is 0 Å². The molecule has 2 heterocycles. The van der Waals surface area contributed by atoms with Crippen LogP contribution in [0.3, 0.4) is 0 Å². The van der Waals surface area contributed by atoms with Crippen molar-refractivity contribution in [2.45, 2.75) is 44.1 Å². The molecule has 116 valence electrons. The van der Waals surface area contributed by atoms with Crippen LogP contribution in [0.4, 0.5) is 5.13 Å². The van der Waals surface area contributed by atoms with E-state index in [0.29, 0.717) is 6.04 Å². The van der Waals surface area contributed by atoms with Gasteiger partial charge in [-0.25, -0.2) is 4.98 Å². The van der Waals surface area contributed by atoms with Crippen LogP contribution in [-0.2, 0) is 11.2 Å². The van der Waals surface area contributed by atoms with Crippen LogP contribution in [0.25, 0.3) is 0 Å². The summed E-state index contributed by atoms with van der Waals surface area (Å²) in [6.07, 6.45) is 4.99. The SMILES string of the molecule is CN(C)C1CCN(c2nc3c(s2)CCCC3C(=O)O)CC1. The van der Waals surface area contributed by atoms with Gasteiger partial charge in [-0.2, -0.15) is 0 Å². The summed E-state index contributed by atoms with van der Waals surface area (Å²) < 4.78 is 0. The van der Waals surface area contributed by atoms with Crippen LogP contribution < -0.4 is 4.90 Å². The van der Waals surface area contributed by atoms with E-state index in [-0.39, 0.29) is 0 Å². The lowest BCUT2D eigenvalue weighted by atomic mass is 9.91. The molecule has 0 saturated carbocycles. The first kappa shape index (κ1) is 14.8. The Morgan fingerprint density at radius 2 is 2.05 bits per heavy atom. The fourth-order valence-corrected chi connectivity index (χ4v) is 4.57. The number of nitrogens with zero attached hydrogens (tertiary/aromatic N) is 3. The average molecular weight is 309 g/mol. The largest absolute Gasteiger partial charge is 0.481 e. The molecular weight excluding hydrogens is 286 g/mol. The highest BCUT2D eigenvalue weighted by Crippen LogP contribution is 2.38. The van der Waals surface area contributed by atoms with Gasteiger partial charge in [0, 0.05) is 24.0 Å². The Hall–Kier alpha value is -1.14. The zero-order chi connectivity index (χ0) is 15.0. The maximum absolute atomic E-state index is 11.4. The minimum atomic E-state index is -0.723. The van der Waals surface area contributed by atoms with Crippen molar-refractivity contribution in [3.63, 3.8) is 0 Å². The number of carboxylic acid groups (broad SMARTS) is 1. The van der Waals surface area contributed by atoms with E-state index < -0.39 is 11.9 Å². The van der Waals surface area contributed by atoms with Crippen molar-refractivity contribution in [3.05, 3.63) is 10.6 Å². The molecule has 0 radical (unpaired) electrons. The van der Waals surface area contributed by atoms with E-state index in [0.717, 1.165) is 56.0 Å². The topological polar surface area (TPSA) is 56.7 Å². The number of hydrogen-bond acceptors (Lipinski definition) is 5. The molecule has 1 fully saturated rings. The number of carbonyl (C=O) groups is 1. The molecule has 21 heavy (non-hydrogen) atoms. The minimum absolute atomic E-state index is 0.391. The van der Waals surface area contributed by atoms with Gasteiger partial charge in [0.05, 0.1) is 5.69 Å². The van der Waals surface area contributed by atoms with E-state index in [1.165, 1.54) is 4.88 Å². The van der Waals surface area contributed by atoms with Crippen molar-refractivity contribution >= 4 is 22.4 Å². The number of rotatable bonds is 3. The number of aryl methyl sites for hydroxylation is 1. The van der Waals surface area contributed by atoms with Crippen LogP contribution in [0.5, 0.6) is 0 Å².